The average molecular weight is 362 g/mol. The summed E-state index contributed by atoms with van der Waals surface area (Å²) in [5.74, 6) is -0.722. The van der Waals surface area contributed by atoms with Crippen LogP contribution >= 0.6 is 23.2 Å². The maximum absolute atomic E-state index is 12.6. The summed E-state index contributed by atoms with van der Waals surface area (Å²) >= 11 is 12.2. The molecule has 0 aliphatic rings. The van der Waals surface area contributed by atoms with Crippen LogP contribution in [0.3, 0.4) is 0 Å². The van der Waals surface area contributed by atoms with E-state index < -0.39 is 12.0 Å². The first kappa shape index (κ1) is 19.7. The van der Waals surface area contributed by atoms with E-state index in [1.165, 1.54) is 12.0 Å². The molecule has 0 saturated heterocycles. The van der Waals surface area contributed by atoms with Gasteiger partial charge in [0.25, 0.3) is 0 Å². The Labute approximate surface area is 146 Å². The predicted octanol–water partition coefficient (Wildman–Crippen LogP) is 2.96. The maximum atomic E-state index is 12.6. The third kappa shape index (κ3) is 5.68. The van der Waals surface area contributed by atoms with E-state index in [2.05, 4.69) is 0 Å². The second-order valence-electron chi connectivity index (χ2n) is 4.88. The van der Waals surface area contributed by atoms with Gasteiger partial charge in [-0.05, 0) is 31.5 Å². The molecular formula is C16H21Cl2NO4. The van der Waals surface area contributed by atoms with Crippen molar-refractivity contribution in [2.24, 2.45) is 0 Å². The minimum Gasteiger partial charge on any atom is -0.464 e. The molecule has 1 aromatic carbocycles. The standard InChI is InChI=1S/C16H21Cl2NO4/c1-4-23-16(21)11(2)19(8-9-22-3)15(20)10-12-13(17)6-5-7-14(12)18/h5-7,11H,4,8-10H2,1-3H3/t11-/m0/s1. The summed E-state index contributed by atoms with van der Waals surface area (Å²) in [6.07, 6.45) is 0.00592. The molecule has 128 valence electrons. The number of rotatable bonds is 8. The van der Waals surface area contributed by atoms with Gasteiger partial charge in [0.1, 0.15) is 6.04 Å². The summed E-state index contributed by atoms with van der Waals surface area (Å²) in [5.41, 5.74) is 0.541. The molecule has 0 heterocycles. The highest BCUT2D eigenvalue weighted by atomic mass is 35.5. The van der Waals surface area contributed by atoms with Gasteiger partial charge < -0.3 is 14.4 Å². The first-order valence-electron chi connectivity index (χ1n) is 7.30. The van der Waals surface area contributed by atoms with Crippen LogP contribution in [0.5, 0.6) is 0 Å². The summed E-state index contributed by atoms with van der Waals surface area (Å²) in [4.78, 5) is 26.0. The number of amides is 1. The number of carbonyl (C=O) groups is 2. The van der Waals surface area contributed by atoms with Crippen LogP contribution in [0.4, 0.5) is 0 Å². The quantitative estimate of drug-likeness (QED) is 0.668. The van der Waals surface area contributed by atoms with E-state index in [9.17, 15) is 9.59 Å². The molecule has 23 heavy (non-hydrogen) atoms. The van der Waals surface area contributed by atoms with Crippen molar-refractivity contribution in [3.63, 3.8) is 0 Å². The molecule has 1 atom stereocenters. The second-order valence-corrected chi connectivity index (χ2v) is 5.70. The number of methoxy groups -OCH3 is 1. The van der Waals surface area contributed by atoms with Crippen LogP contribution in [0.2, 0.25) is 10.0 Å². The zero-order valence-corrected chi connectivity index (χ0v) is 15.0. The summed E-state index contributed by atoms with van der Waals surface area (Å²) in [7, 11) is 1.53. The molecule has 1 aromatic rings. The SMILES string of the molecule is CCOC(=O)[C@H](C)N(CCOC)C(=O)Cc1c(Cl)cccc1Cl. The molecule has 0 spiro atoms. The van der Waals surface area contributed by atoms with Crippen LogP contribution in [0.15, 0.2) is 18.2 Å². The Kier molecular flexibility index (Phi) is 8.37. The summed E-state index contributed by atoms with van der Waals surface area (Å²) in [6, 6.07) is 4.34. The lowest BCUT2D eigenvalue weighted by atomic mass is 10.1. The molecule has 0 N–H and O–H groups in total. The first-order valence-corrected chi connectivity index (χ1v) is 8.05. The van der Waals surface area contributed by atoms with E-state index in [1.54, 1.807) is 32.0 Å². The molecule has 0 radical (unpaired) electrons. The molecule has 0 bridgehead atoms. The van der Waals surface area contributed by atoms with Crippen molar-refractivity contribution >= 4 is 35.1 Å². The number of benzene rings is 1. The summed E-state index contributed by atoms with van der Waals surface area (Å²) < 4.78 is 10.00. The molecule has 7 heteroatoms. The molecule has 0 aromatic heterocycles. The lowest BCUT2D eigenvalue weighted by Gasteiger charge is -2.28. The van der Waals surface area contributed by atoms with Crippen molar-refractivity contribution in [3.05, 3.63) is 33.8 Å². The number of ether oxygens (including phenoxy) is 2. The summed E-state index contributed by atoms with van der Waals surface area (Å²) in [5, 5.41) is 0.836. The lowest BCUT2D eigenvalue weighted by molar-refractivity contribution is -0.154. The Bertz CT molecular complexity index is 531. The first-order chi connectivity index (χ1) is 10.9. The molecule has 0 aliphatic carbocycles. The molecule has 1 amide bonds. The zero-order chi connectivity index (χ0) is 17.4. The zero-order valence-electron chi connectivity index (χ0n) is 13.5. The van der Waals surface area contributed by atoms with Gasteiger partial charge in [0, 0.05) is 23.7 Å². The Morgan fingerprint density at radius 1 is 1.26 bits per heavy atom. The van der Waals surface area contributed by atoms with E-state index in [1.807, 2.05) is 0 Å². The number of hydrogen-bond acceptors (Lipinski definition) is 4. The molecular weight excluding hydrogens is 341 g/mol. The van der Waals surface area contributed by atoms with Crippen molar-refractivity contribution in [1.29, 1.82) is 0 Å². The minimum absolute atomic E-state index is 0.00592. The topological polar surface area (TPSA) is 55.8 Å². The van der Waals surface area contributed by atoms with E-state index in [4.69, 9.17) is 32.7 Å². The van der Waals surface area contributed by atoms with Crippen molar-refractivity contribution in [3.8, 4) is 0 Å². The number of nitrogens with zero attached hydrogens (tertiary/aromatic N) is 1. The van der Waals surface area contributed by atoms with Crippen LogP contribution in [-0.2, 0) is 25.5 Å². The molecule has 1 rings (SSSR count). The normalized spacial score (nSPS) is 11.9. The highest BCUT2D eigenvalue weighted by molar-refractivity contribution is 6.36. The number of hydrogen-bond donors (Lipinski definition) is 0. The van der Waals surface area contributed by atoms with E-state index in [0.29, 0.717) is 22.2 Å². The number of carbonyl (C=O) groups excluding carboxylic acids is 2. The monoisotopic (exact) mass is 361 g/mol. The Morgan fingerprint density at radius 3 is 2.39 bits per heavy atom. The van der Waals surface area contributed by atoms with Crippen molar-refractivity contribution < 1.29 is 19.1 Å². The highest BCUT2D eigenvalue weighted by Gasteiger charge is 2.27. The molecule has 0 aliphatic heterocycles. The highest BCUT2D eigenvalue weighted by Crippen LogP contribution is 2.25. The Hall–Kier alpha value is -1.30. The van der Waals surface area contributed by atoms with E-state index >= 15 is 0 Å². The Balaban J connectivity index is 2.93. The number of halogens is 2. The molecule has 0 fully saturated rings. The van der Waals surface area contributed by atoms with Gasteiger partial charge in [-0.3, -0.25) is 4.79 Å². The maximum Gasteiger partial charge on any atom is 0.328 e. The predicted molar refractivity (Wildman–Crippen MR) is 89.9 cm³/mol. The van der Waals surface area contributed by atoms with Gasteiger partial charge in [-0.15, -0.1) is 0 Å². The lowest BCUT2D eigenvalue weighted by Crippen LogP contribution is -2.46. The van der Waals surface area contributed by atoms with E-state index in [0.717, 1.165) is 0 Å². The van der Waals surface area contributed by atoms with Gasteiger partial charge in [-0.2, -0.15) is 0 Å². The molecule has 0 unspecified atom stereocenters. The van der Waals surface area contributed by atoms with Gasteiger partial charge in [-0.1, -0.05) is 29.3 Å². The Morgan fingerprint density at radius 2 is 1.87 bits per heavy atom. The average Bonchev–Trinajstić information content (AvgIpc) is 2.51. The van der Waals surface area contributed by atoms with Crippen LogP contribution in [0, 0.1) is 0 Å². The van der Waals surface area contributed by atoms with Crippen molar-refractivity contribution in [2.45, 2.75) is 26.3 Å². The van der Waals surface area contributed by atoms with Crippen molar-refractivity contribution in [1.82, 2.24) is 4.90 Å². The van der Waals surface area contributed by atoms with Crippen molar-refractivity contribution in [2.75, 3.05) is 26.9 Å². The van der Waals surface area contributed by atoms with Gasteiger partial charge in [0.2, 0.25) is 5.91 Å². The van der Waals surface area contributed by atoms with Gasteiger partial charge in [-0.25, -0.2) is 4.79 Å². The van der Waals surface area contributed by atoms with Gasteiger partial charge in [0.05, 0.1) is 19.6 Å². The largest absolute Gasteiger partial charge is 0.464 e. The van der Waals surface area contributed by atoms with Crippen LogP contribution in [0.1, 0.15) is 19.4 Å². The minimum atomic E-state index is -0.709. The van der Waals surface area contributed by atoms with Crippen LogP contribution in [0.25, 0.3) is 0 Å². The van der Waals surface area contributed by atoms with Crippen LogP contribution in [-0.4, -0.2) is 49.7 Å². The molecule has 5 nitrogen and oxygen atoms in total. The van der Waals surface area contributed by atoms with Gasteiger partial charge >= 0.3 is 5.97 Å². The van der Waals surface area contributed by atoms with Crippen LogP contribution < -0.4 is 0 Å². The smallest absolute Gasteiger partial charge is 0.328 e. The summed E-state index contributed by atoms with van der Waals surface area (Å²) in [6.45, 7) is 4.18. The fourth-order valence-electron chi connectivity index (χ4n) is 2.07. The van der Waals surface area contributed by atoms with E-state index in [-0.39, 0.29) is 25.5 Å². The second kappa shape index (κ2) is 9.75. The third-order valence-corrected chi connectivity index (χ3v) is 4.05. The molecule has 0 saturated carbocycles. The third-order valence-electron chi connectivity index (χ3n) is 3.34. The fourth-order valence-corrected chi connectivity index (χ4v) is 2.60. The van der Waals surface area contributed by atoms with Gasteiger partial charge in [0.15, 0.2) is 0 Å². The number of esters is 1. The fraction of sp³-hybridized carbons (Fsp3) is 0.500.